The molecule has 0 unspecified atom stereocenters. The van der Waals surface area contributed by atoms with Crippen molar-refractivity contribution in [2.24, 2.45) is 7.05 Å². The molecule has 0 fully saturated rings. The molecule has 0 amide bonds. The molecule has 14 aromatic carbocycles. The maximum absolute atomic E-state index is 5.51. The van der Waals surface area contributed by atoms with E-state index in [9.17, 15) is 0 Å². The van der Waals surface area contributed by atoms with Crippen LogP contribution in [-0.2, 0) is 7.05 Å². The van der Waals surface area contributed by atoms with Crippen LogP contribution in [0, 0.1) is 0 Å². The van der Waals surface area contributed by atoms with Gasteiger partial charge in [-0.15, -0.1) is 0 Å². The van der Waals surface area contributed by atoms with E-state index in [1.54, 1.807) is 0 Å². The quantitative estimate of drug-likeness (QED) is 0.101. The van der Waals surface area contributed by atoms with Gasteiger partial charge >= 0.3 is 0 Å². The van der Waals surface area contributed by atoms with E-state index in [2.05, 4.69) is 301 Å². The number of fused-ring (bicyclic) bond motifs is 7. The lowest BCUT2D eigenvalue weighted by molar-refractivity contribution is 0.959. The van der Waals surface area contributed by atoms with E-state index in [1.807, 2.05) is 24.3 Å². The highest BCUT2D eigenvalue weighted by molar-refractivity contribution is 6.22. The molecule has 6 heteroatoms. The van der Waals surface area contributed by atoms with Crippen molar-refractivity contribution in [2.45, 2.75) is 0 Å². The number of para-hydroxylation sites is 1. The van der Waals surface area contributed by atoms with Gasteiger partial charge in [0.1, 0.15) is 11.6 Å². The molecule has 0 saturated heterocycles. The Morgan fingerprint density at radius 3 is 1.29 bits per heavy atom. The van der Waals surface area contributed by atoms with Crippen LogP contribution in [0.4, 0.5) is 0 Å². The molecule has 0 spiro atoms. The lowest BCUT2D eigenvalue weighted by atomic mass is 9.84. The molecule has 0 aliphatic rings. The second kappa shape index (κ2) is 21.3. The first-order valence-electron chi connectivity index (χ1n) is 30.2. The molecule has 0 aliphatic heterocycles. The monoisotopic (exact) mass is 1130 g/mol. The summed E-state index contributed by atoms with van der Waals surface area (Å²) in [5.74, 6) is 2.54. The SMILES string of the molecule is Cn1c(-c2ccccc2)nc2cc(-c3ccc4c(-c5ccccc5)c5ccc(-c6ccc7c(c6)nc(-c6ccc(-c8ccc(-c9nc(-c%10ccccc%10)nc%10c9ccc9ccccc9%10)cc8)cc6)n7-c6ccccc6)cc5c(-c5ccccc5)c4c3)ccc21. The molecule has 0 saturated carbocycles. The Balaban J connectivity index is 0.760. The average molecular weight is 1140 g/mol. The first-order valence-corrected chi connectivity index (χ1v) is 30.2. The highest BCUT2D eigenvalue weighted by Crippen LogP contribution is 2.47. The molecule has 89 heavy (non-hydrogen) atoms. The minimum Gasteiger partial charge on any atom is -0.327 e. The minimum absolute atomic E-state index is 0.712. The first-order chi connectivity index (χ1) is 44.0. The largest absolute Gasteiger partial charge is 0.327 e. The summed E-state index contributed by atoms with van der Waals surface area (Å²) in [6, 6.07) is 111. The molecular formula is C83H54N6. The van der Waals surface area contributed by atoms with Crippen molar-refractivity contribution >= 4 is 65.3 Å². The lowest BCUT2D eigenvalue weighted by Crippen LogP contribution is -1.97. The number of imidazole rings is 2. The van der Waals surface area contributed by atoms with Crippen molar-refractivity contribution in [2.75, 3.05) is 0 Å². The average Bonchev–Trinajstić information content (AvgIpc) is 1.13. The van der Waals surface area contributed by atoms with Crippen LogP contribution in [0.25, 0.3) is 172 Å². The van der Waals surface area contributed by atoms with Crippen molar-refractivity contribution in [3.8, 4) is 107 Å². The van der Waals surface area contributed by atoms with Crippen LogP contribution in [0.15, 0.2) is 309 Å². The molecule has 0 atom stereocenters. The molecular weight excluding hydrogens is 1080 g/mol. The van der Waals surface area contributed by atoms with E-state index in [1.165, 1.54) is 38.2 Å². The fourth-order valence-corrected chi connectivity index (χ4v) is 13.4. The molecule has 0 aliphatic carbocycles. The lowest BCUT2D eigenvalue weighted by Gasteiger charge is -2.19. The Kier molecular flexibility index (Phi) is 12.3. The second-order valence-electron chi connectivity index (χ2n) is 23.0. The number of hydrogen-bond donors (Lipinski definition) is 0. The maximum Gasteiger partial charge on any atom is 0.160 e. The fourth-order valence-electron chi connectivity index (χ4n) is 13.4. The Morgan fingerprint density at radius 2 is 0.685 bits per heavy atom. The van der Waals surface area contributed by atoms with Crippen LogP contribution < -0.4 is 0 Å². The van der Waals surface area contributed by atoms with Crippen molar-refractivity contribution in [3.05, 3.63) is 309 Å². The summed E-state index contributed by atoms with van der Waals surface area (Å²) in [5.41, 5.74) is 22.5. The molecule has 0 N–H and O–H groups in total. The van der Waals surface area contributed by atoms with Gasteiger partial charge in [-0.05, 0) is 137 Å². The zero-order valence-corrected chi connectivity index (χ0v) is 48.6. The molecule has 6 nitrogen and oxygen atoms in total. The Morgan fingerprint density at radius 1 is 0.258 bits per heavy atom. The van der Waals surface area contributed by atoms with Crippen LogP contribution in [0.1, 0.15) is 0 Å². The summed E-state index contributed by atoms with van der Waals surface area (Å²) in [6.07, 6.45) is 0. The van der Waals surface area contributed by atoms with Gasteiger partial charge in [0.2, 0.25) is 0 Å². The number of rotatable bonds is 10. The zero-order chi connectivity index (χ0) is 58.9. The van der Waals surface area contributed by atoms with Crippen molar-refractivity contribution in [1.82, 2.24) is 29.1 Å². The second-order valence-corrected chi connectivity index (χ2v) is 23.0. The van der Waals surface area contributed by atoms with Gasteiger partial charge in [-0.3, -0.25) is 4.57 Å². The Hall–Kier alpha value is -11.9. The predicted octanol–water partition coefficient (Wildman–Crippen LogP) is 21.3. The Labute approximate surface area is 514 Å². The van der Waals surface area contributed by atoms with Crippen LogP contribution in [0.3, 0.4) is 0 Å². The standard InChI is InChI=1S/C83H54N6/c1-88-75-47-42-64(51-73(75)84-82(88)60-26-13-5-14-27-60)62-40-44-68-71(49-62)78(57-22-9-3-10-23-57)72-50-63(41-45-69(72)77(68)56-20-7-2-8-21-56)65-43-48-76-74(52-65)85-83(89(76)66-28-15-6-16-29-66)61-37-33-54(34-38-61)53-31-35-58(36-32-53)79-70-46-39-55-19-17-18-30-67(55)80(70)87-81(86-79)59-24-11-4-12-25-59/h2-52H,1H3. The zero-order valence-electron chi connectivity index (χ0n) is 48.6. The van der Waals surface area contributed by atoms with E-state index >= 15 is 0 Å². The summed E-state index contributed by atoms with van der Waals surface area (Å²) in [5, 5.41) is 8.07. The van der Waals surface area contributed by atoms with Crippen molar-refractivity contribution in [3.63, 3.8) is 0 Å². The van der Waals surface area contributed by atoms with E-state index in [4.69, 9.17) is 19.9 Å². The molecule has 416 valence electrons. The number of hydrogen-bond acceptors (Lipinski definition) is 4. The molecule has 17 rings (SSSR count). The highest BCUT2D eigenvalue weighted by Gasteiger charge is 2.22. The predicted molar refractivity (Wildman–Crippen MR) is 370 cm³/mol. The summed E-state index contributed by atoms with van der Waals surface area (Å²) < 4.78 is 4.48. The van der Waals surface area contributed by atoms with Gasteiger partial charge in [-0.1, -0.05) is 255 Å². The van der Waals surface area contributed by atoms with Gasteiger partial charge in [-0.25, -0.2) is 19.9 Å². The van der Waals surface area contributed by atoms with Crippen LogP contribution in [-0.4, -0.2) is 29.1 Å². The van der Waals surface area contributed by atoms with Gasteiger partial charge in [0.05, 0.1) is 33.3 Å². The third-order valence-corrected chi connectivity index (χ3v) is 17.7. The van der Waals surface area contributed by atoms with E-state index < -0.39 is 0 Å². The van der Waals surface area contributed by atoms with Gasteiger partial charge in [0.15, 0.2) is 5.82 Å². The molecule has 0 bridgehead atoms. The van der Waals surface area contributed by atoms with Gasteiger partial charge in [0, 0.05) is 45.8 Å². The van der Waals surface area contributed by atoms with Crippen LogP contribution in [0.5, 0.6) is 0 Å². The normalized spacial score (nSPS) is 11.7. The Bertz CT molecular complexity index is 5560. The molecule has 17 aromatic rings. The molecule has 3 aromatic heterocycles. The summed E-state index contributed by atoms with van der Waals surface area (Å²) in [6.45, 7) is 0. The van der Waals surface area contributed by atoms with Gasteiger partial charge < -0.3 is 4.57 Å². The van der Waals surface area contributed by atoms with Gasteiger partial charge in [0.25, 0.3) is 0 Å². The summed E-state index contributed by atoms with van der Waals surface area (Å²) in [7, 11) is 2.10. The summed E-state index contributed by atoms with van der Waals surface area (Å²) in [4.78, 5) is 21.1. The number of aromatic nitrogens is 6. The van der Waals surface area contributed by atoms with Crippen LogP contribution in [0.2, 0.25) is 0 Å². The first kappa shape index (κ1) is 51.6. The molecule has 3 heterocycles. The minimum atomic E-state index is 0.712. The van der Waals surface area contributed by atoms with Crippen molar-refractivity contribution < 1.29 is 0 Å². The number of aryl methyl sites for hydroxylation is 1. The topological polar surface area (TPSA) is 61.4 Å². The van der Waals surface area contributed by atoms with E-state index in [0.29, 0.717) is 5.82 Å². The van der Waals surface area contributed by atoms with E-state index in [-0.39, 0.29) is 0 Å². The third-order valence-electron chi connectivity index (χ3n) is 17.7. The third kappa shape index (κ3) is 8.96. The fraction of sp³-hybridized carbons (Fsp3) is 0.0120. The highest BCUT2D eigenvalue weighted by atomic mass is 15.1. The van der Waals surface area contributed by atoms with Gasteiger partial charge in [-0.2, -0.15) is 0 Å². The number of benzene rings is 14. The summed E-state index contributed by atoms with van der Waals surface area (Å²) >= 11 is 0. The smallest absolute Gasteiger partial charge is 0.160 e. The number of nitrogens with zero attached hydrogens (tertiary/aromatic N) is 6. The maximum atomic E-state index is 5.51. The van der Waals surface area contributed by atoms with Crippen LogP contribution >= 0.6 is 0 Å². The molecule has 0 radical (unpaired) electrons. The van der Waals surface area contributed by atoms with E-state index in [0.717, 1.165) is 128 Å². The van der Waals surface area contributed by atoms with Crippen molar-refractivity contribution in [1.29, 1.82) is 0 Å².